The molecule has 170 valence electrons. The first-order valence-corrected chi connectivity index (χ1v) is 10.4. The molecule has 1 saturated heterocycles. The van der Waals surface area contributed by atoms with E-state index < -0.39 is 23.8 Å². The second-order valence-electron chi connectivity index (χ2n) is 8.06. The standard InChI is InChI=1S/C22H25F3N6O/c1-13(14-5-4-6-15(18(14)23)20(24)25)28-21-16-11-17(31-9-7-29(2)8-10-31)30(3)22(32)19(16)26-12-27-21/h4-6,11-13,20H,7-10H2,1-3H3,(H,26,27,28)/t13-/m1/s1. The van der Waals surface area contributed by atoms with Crippen molar-refractivity contribution in [3.8, 4) is 0 Å². The van der Waals surface area contributed by atoms with Gasteiger partial charge in [0.15, 0.2) is 0 Å². The minimum atomic E-state index is -2.91. The van der Waals surface area contributed by atoms with Gasteiger partial charge in [0.25, 0.3) is 12.0 Å². The van der Waals surface area contributed by atoms with Gasteiger partial charge in [-0.2, -0.15) is 0 Å². The maximum atomic E-state index is 14.6. The van der Waals surface area contributed by atoms with E-state index in [1.807, 2.05) is 6.07 Å². The fourth-order valence-corrected chi connectivity index (χ4v) is 4.00. The molecule has 7 nitrogen and oxygen atoms in total. The van der Waals surface area contributed by atoms with Gasteiger partial charge in [0.05, 0.1) is 17.0 Å². The van der Waals surface area contributed by atoms with Crippen molar-refractivity contribution in [2.75, 3.05) is 43.4 Å². The molecule has 1 aromatic carbocycles. The molecule has 10 heteroatoms. The Morgan fingerprint density at radius 2 is 1.75 bits per heavy atom. The molecule has 0 radical (unpaired) electrons. The van der Waals surface area contributed by atoms with E-state index in [9.17, 15) is 18.0 Å². The van der Waals surface area contributed by atoms with Gasteiger partial charge in [0.2, 0.25) is 0 Å². The summed E-state index contributed by atoms with van der Waals surface area (Å²) in [6.45, 7) is 4.95. The van der Waals surface area contributed by atoms with Crippen molar-refractivity contribution in [3.63, 3.8) is 0 Å². The van der Waals surface area contributed by atoms with Crippen molar-refractivity contribution in [2.45, 2.75) is 19.4 Å². The zero-order valence-electron chi connectivity index (χ0n) is 18.1. The van der Waals surface area contributed by atoms with E-state index >= 15 is 0 Å². The van der Waals surface area contributed by atoms with E-state index in [-0.39, 0.29) is 16.6 Å². The van der Waals surface area contributed by atoms with Crippen molar-refractivity contribution in [3.05, 3.63) is 57.9 Å². The van der Waals surface area contributed by atoms with Gasteiger partial charge < -0.3 is 15.1 Å². The Kier molecular flexibility index (Phi) is 6.05. The number of anilines is 2. The van der Waals surface area contributed by atoms with Crippen LogP contribution in [0.15, 0.2) is 35.4 Å². The fraction of sp³-hybridized carbons (Fsp3) is 0.409. The SMILES string of the molecule is C[C@@H](Nc1ncnc2c(=O)n(C)c(N3CCN(C)CC3)cc12)c1cccc(C(F)F)c1F. The lowest BCUT2D eigenvalue weighted by Gasteiger charge is -2.34. The summed E-state index contributed by atoms with van der Waals surface area (Å²) < 4.78 is 42.4. The Balaban J connectivity index is 1.74. The van der Waals surface area contributed by atoms with Gasteiger partial charge in [-0.1, -0.05) is 18.2 Å². The lowest BCUT2D eigenvalue weighted by molar-refractivity contribution is 0.146. The number of hydrogen-bond acceptors (Lipinski definition) is 6. The van der Waals surface area contributed by atoms with Crippen LogP contribution in [0, 0.1) is 5.82 Å². The second kappa shape index (κ2) is 8.78. The van der Waals surface area contributed by atoms with Gasteiger partial charge in [0.1, 0.15) is 29.3 Å². The summed E-state index contributed by atoms with van der Waals surface area (Å²) >= 11 is 0. The molecule has 0 spiro atoms. The maximum absolute atomic E-state index is 14.6. The molecule has 0 aliphatic carbocycles. The number of likely N-dealkylation sites (N-methyl/N-ethyl adjacent to an activating group) is 1. The Morgan fingerprint density at radius 3 is 2.44 bits per heavy atom. The molecule has 0 unspecified atom stereocenters. The van der Waals surface area contributed by atoms with Gasteiger partial charge in [-0.05, 0) is 20.0 Å². The normalized spacial score (nSPS) is 16.0. The number of fused-ring (bicyclic) bond motifs is 1. The fourth-order valence-electron chi connectivity index (χ4n) is 4.00. The molecule has 3 aromatic rings. The molecule has 1 fully saturated rings. The van der Waals surface area contributed by atoms with Crippen LogP contribution in [-0.4, -0.2) is 52.7 Å². The molecule has 1 aliphatic rings. The van der Waals surface area contributed by atoms with Crippen LogP contribution in [0.1, 0.15) is 30.5 Å². The van der Waals surface area contributed by atoms with Crippen LogP contribution in [0.3, 0.4) is 0 Å². The van der Waals surface area contributed by atoms with Crippen molar-refractivity contribution >= 4 is 22.5 Å². The zero-order valence-corrected chi connectivity index (χ0v) is 18.1. The molecular weight excluding hydrogens is 421 g/mol. The summed E-state index contributed by atoms with van der Waals surface area (Å²) in [5.41, 5.74) is -0.579. The average Bonchev–Trinajstić information content (AvgIpc) is 2.77. The van der Waals surface area contributed by atoms with Crippen LogP contribution in [0.4, 0.5) is 24.8 Å². The minimum Gasteiger partial charge on any atom is -0.363 e. The third-order valence-corrected chi connectivity index (χ3v) is 5.95. The molecule has 1 aliphatic heterocycles. The molecule has 2 aromatic heterocycles. The molecule has 1 N–H and O–H groups in total. The van der Waals surface area contributed by atoms with Crippen LogP contribution < -0.4 is 15.8 Å². The predicted molar refractivity (Wildman–Crippen MR) is 118 cm³/mol. The smallest absolute Gasteiger partial charge is 0.278 e. The largest absolute Gasteiger partial charge is 0.363 e. The Labute approximate surface area is 183 Å². The zero-order chi connectivity index (χ0) is 23.0. The average molecular weight is 446 g/mol. The van der Waals surface area contributed by atoms with E-state index in [4.69, 9.17) is 0 Å². The number of hydrogen-bond donors (Lipinski definition) is 1. The summed E-state index contributed by atoms with van der Waals surface area (Å²) in [6.07, 6.45) is -1.64. The highest BCUT2D eigenvalue weighted by Gasteiger charge is 2.22. The molecule has 3 heterocycles. The Hall–Kier alpha value is -3.14. The molecule has 0 amide bonds. The number of halogens is 3. The maximum Gasteiger partial charge on any atom is 0.278 e. The first-order valence-electron chi connectivity index (χ1n) is 10.4. The van der Waals surface area contributed by atoms with Crippen LogP contribution in [-0.2, 0) is 7.05 Å². The van der Waals surface area contributed by atoms with Gasteiger partial charge in [-0.25, -0.2) is 23.1 Å². The van der Waals surface area contributed by atoms with E-state index in [2.05, 4.69) is 32.1 Å². The van der Waals surface area contributed by atoms with E-state index in [1.165, 1.54) is 18.5 Å². The number of nitrogens with zero attached hydrogens (tertiary/aromatic N) is 5. The van der Waals surface area contributed by atoms with Gasteiger partial charge in [0, 0.05) is 38.8 Å². The number of alkyl halides is 2. The quantitative estimate of drug-likeness (QED) is 0.649. The number of rotatable bonds is 5. The number of nitrogens with one attached hydrogen (secondary N) is 1. The third-order valence-electron chi connectivity index (χ3n) is 5.95. The van der Waals surface area contributed by atoms with Crippen molar-refractivity contribution in [1.29, 1.82) is 0 Å². The summed E-state index contributed by atoms with van der Waals surface area (Å²) in [7, 11) is 3.76. The highest BCUT2D eigenvalue weighted by atomic mass is 19.3. The Morgan fingerprint density at radius 1 is 1.06 bits per heavy atom. The topological polar surface area (TPSA) is 66.3 Å². The summed E-state index contributed by atoms with van der Waals surface area (Å²) in [5, 5.41) is 3.58. The molecule has 0 bridgehead atoms. The van der Waals surface area contributed by atoms with E-state index in [1.54, 1.807) is 18.5 Å². The number of piperazine rings is 1. The lowest BCUT2D eigenvalue weighted by atomic mass is 10.0. The Bertz CT molecular complexity index is 1190. The third kappa shape index (κ3) is 4.02. The monoisotopic (exact) mass is 446 g/mol. The number of aromatic nitrogens is 3. The van der Waals surface area contributed by atoms with Crippen molar-refractivity contribution < 1.29 is 13.2 Å². The van der Waals surface area contributed by atoms with Gasteiger partial charge in [-0.15, -0.1) is 0 Å². The second-order valence-corrected chi connectivity index (χ2v) is 8.06. The predicted octanol–water partition coefficient (Wildman–Crippen LogP) is 3.33. The summed E-state index contributed by atoms with van der Waals surface area (Å²) in [4.78, 5) is 25.8. The number of benzene rings is 1. The van der Waals surface area contributed by atoms with E-state index in [0.29, 0.717) is 11.2 Å². The van der Waals surface area contributed by atoms with Gasteiger partial charge >= 0.3 is 0 Å². The minimum absolute atomic E-state index is 0.0951. The first kappa shape index (κ1) is 22.1. The van der Waals surface area contributed by atoms with Crippen LogP contribution in [0.25, 0.3) is 10.9 Å². The highest BCUT2D eigenvalue weighted by molar-refractivity contribution is 5.90. The summed E-state index contributed by atoms with van der Waals surface area (Å²) in [5.74, 6) is 0.138. The summed E-state index contributed by atoms with van der Waals surface area (Å²) in [6, 6.07) is 5.11. The van der Waals surface area contributed by atoms with Gasteiger partial charge in [-0.3, -0.25) is 9.36 Å². The molecule has 32 heavy (non-hydrogen) atoms. The van der Waals surface area contributed by atoms with Crippen molar-refractivity contribution in [1.82, 2.24) is 19.4 Å². The van der Waals surface area contributed by atoms with Crippen molar-refractivity contribution in [2.24, 2.45) is 7.05 Å². The number of pyridine rings is 1. The van der Waals surface area contributed by atoms with Crippen LogP contribution >= 0.6 is 0 Å². The first-order chi connectivity index (χ1) is 15.3. The molecule has 0 saturated carbocycles. The lowest BCUT2D eigenvalue weighted by Crippen LogP contribution is -2.46. The molecule has 4 rings (SSSR count). The van der Waals surface area contributed by atoms with Crippen LogP contribution in [0.5, 0.6) is 0 Å². The van der Waals surface area contributed by atoms with E-state index in [0.717, 1.165) is 38.1 Å². The molecule has 1 atom stereocenters. The molecular formula is C22H25F3N6O. The van der Waals surface area contributed by atoms with Crippen LogP contribution in [0.2, 0.25) is 0 Å². The highest BCUT2D eigenvalue weighted by Crippen LogP contribution is 2.30.